The Labute approximate surface area is 193 Å². The Bertz CT molecular complexity index is 1150. The summed E-state index contributed by atoms with van der Waals surface area (Å²) in [6, 6.07) is 5.69. The Morgan fingerprint density at radius 2 is 1.79 bits per heavy atom. The number of amides is 1. The largest absolute Gasteiger partial charge is 0.497 e. The van der Waals surface area contributed by atoms with Crippen molar-refractivity contribution in [2.75, 3.05) is 33.4 Å². The summed E-state index contributed by atoms with van der Waals surface area (Å²) in [6.07, 6.45) is 0. The van der Waals surface area contributed by atoms with Crippen molar-refractivity contribution in [3.05, 3.63) is 47.0 Å². The van der Waals surface area contributed by atoms with Crippen molar-refractivity contribution >= 4 is 21.9 Å². The fourth-order valence-electron chi connectivity index (χ4n) is 3.83. The summed E-state index contributed by atoms with van der Waals surface area (Å²) in [5, 5.41) is 0. The van der Waals surface area contributed by atoms with Gasteiger partial charge in [0.05, 0.1) is 24.3 Å². The van der Waals surface area contributed by atoms with E-state index in [2.05, 4.69) is 9.97 Å². The highest BCUT2D eigenvalue weighted by Crippen LogP contribution is 2.24. The van der Waals surface area contributed by atoms with Gasteiger partial charge in [0.25, 0.3) is 5.91 Å². The van der Waals surface area contributed by atoms with Crippen molar-refractivity contribution in [1.82, 2.24) is 19.2 Å². The predicted molar refractivity (Wildman–Crippen MR) is 120 cm³/mol. The summed E-state index contributed by atoms with van der Waals surface area (Å²) >= 11 is 0. The van der Waals surface area contributed by atoms with E-state index in [1.165, 1.54) is 28.4 Å². The van der Waals surface area contributed by atoms with Crippen molar-refractivity contribution in [2.45, 2.75) is 38.6 Å². The second-order valence-electron chi connectivity index (χ2n) is 7.69. The van der Waals surface area contributed by atoms with Crippen molar-refractivity contribution in [1.29, 1.82) is 0 Å². The van der Waals surface area contributed by atoms with Crippen LogP contribution in [0.1, 0.15) is 46.2 Å². The van der Waals surface area contributed by atoms with E-state index >= 15 is 0 Å². The van der Waals surface area contributed by atoms with Gasteiger partial charge >= 0.3 is 5.97 Å². The molecule has 1 unspecified atom stereocenters. The number of esters is 1. The first-order valence-electron chi connectivity index (χ1n) is 10.6. The minimum Gasteiger partial charge on any atom is -0.497 e. The number of hydrogen-bond acceptors (Lipinski definition) is 8. The first kappa shape index (κ1) is 24.6. The van der Waals surface area contributed by atoms with Crippen molar-refractivity contribution in [3.8, 4) is 5.75 Å². The number of ether oxygens (including phenoxy) is 2. The molecule has 33 heavy (non-hydrogen) atoms. The van der Waals surface area contributed by atoms with Gasteiger partial charge in [-0.05, 0) is 52.0 Å². The summed E-state index contributed by atoms with van der Waals surface area (Å²) in [7, 11) is -2.24. The minimum atomic E-state index is -3.75. The molecule has 11 heteroatoms. The van der Waals surface area contributed by atoms with E-state index in [4.69, 9.17) is 9.47 Å². The SMILES string of the molecule is CCOC(=O)c1c(C)nc(C)nc1C(=O)N1CCN(S(=O)(=O)c2ccc(OC)cc2)C(C)C1. The zero-order valence-electron chi connectivity index (χ0n) is 19.4. The fourth-order valence-corrected chi connectivity index (χ4v) is 5.44. The van der Waals surface area contributed by atoms with Crippen LogP contribution in [0.15, 0.2) is 29.2 Å². The summed E-state index contributed by atoms with van der Waals surface area (Å²) in [5.41, 5.74) is 0.364. The molecule has 10 nitrogen and oxygen atoms in total. The minimum absolute atomic E-state index is 0.0305. The zero-order valence-corrected chi connectivity index (χ0v) is 20.2. The topological polar surface area (TPSA) is 119 Å². The molecule has 2 aromatic rings. The van der Waals surface area contributed by atoms with Crippen molar-refractivity contribution in [2.24, 2.45) is 0 Å². The van der Waals surface area contributed by atoms with E-state index in [9.17, 15) is 18.0 Å². The number of methoxy groups -OCH3 is 1. The maximum absolute atomic E-state index is 13.3. The van der Waals surface area contributed by atoms with Gasteiger partial charge in [-0.2, -0.15) is 4.31 Å². The first-order valence-corrected chi connectivity index (χ1v) is 12.0. The molecule has 0 N–H and O–H groups in total. The number of hydrogen-bond donors (Lipinski definition) is 0. The molecule has 3 rings (SSSR count). The third-order valence-electron chi connectivity index (χ3n) is 5.40. The Balaban J connectivity index is 1.84. The fraction of sp³-hybridized carbons (Fsp3) is 0.455. The molecule has 0 spiro atoms. The lowest BCUT2D eigenvalue weighted by molar-refractivity contribution is 0.0509. The Hall–Kier alpha value is -3.05. The maximum atomic E-state index is 13.3. The lowest BCUT2D eigenvalue weighted by Gasteiger charge is -2.39. The second-order valence-corrected chi connectivity index (χ2v) is 9.58. The second kappa shape index (κ2) is 9.84. The van der Waals surface area contributed by atoms with Gasteiger partial charge in [-0.3, -0.25) is 4.79 Å². The summed E-state index contributed by atoms with van der Waals surface area (Å²) in [4.78, 5) is 35.9. The van der Waals surface area contributed by atoms with Gasteiger partial charge < -0.3 is 14.4 Å². The van der Waals surface area contributed by atoms with Gasteiger partial charge in [-0.1, -0.05) is 0 Å². The molecular weight excluding hydrogens is 448 g/mol. The number of carbonyl (C=O) groups is 2. The van der Waals surface area contributed by atoms with Gasteiger partial charge in [-0.25, -0.2) is 23.2 Å². The molecule has 1 atom stereocenters. The highest BCUT2D eigenvalue weighted by atomic mass is 32.2. The van der Waals surface area contributed by atoms with Crippen LogP contribution in [0, 0.1) is 13.8 Å². The van der Waals surface area contributed by atoms with E-state index in [0.29, 0.717) is 17.3 Å². The van der Waals surface area contributed by atoms with E-state index < -0.39 is 27.9 Å². The number of sulfonamides is 1. The van der Waals surface area contributed by atoms with Crippen LogP contribution in [0.5, 0.6) is 5.75 Å². The van der Waals surface area contributed by atoms with E-state index in [1.54, 1.807) is 39.8 Å². The van der Waals surface area contributed by atoms with Crippen molar-refractivity contribution < 1.29 is 27.5 Å². The molecule has 1 aliphatic rings. The Kier molecular flexibility index (Phi) is 7.33. The smallest absolute Gasteiger partial charge is 0.342 e. The molecular formula is C22H28N4O6S. The highest BCUT2D eigenvalue weighted by molar-refractivity contribution is 7.89. The van der Waals surface area contributed by atoms with Crippen LogP contribution in [0.3, 0.4) is 0 Å². The summed E-state index contributed by atoms with van der Waals surface area (Å²) < 4.78 is 37.9. The van der Waals surface area contributed by atoms with Gasteiger partial charge in [0.15, 0.2) is 0 Å². The number of aryl methyl sites for hydroxylation is 2. The molecule has 2 heterocycles. The predicted octanol–water partition coefficient (Wildman–Crippen LogP) is 1.81. The molecule has 1 aliphatic heterocycles. The third-order valence-corrected chi connectivity index (χ3v) is 7.43. The molecule has 178 valence electrons. The average molecular weight is 477 g/mol. The summed E-state index contributed by atoms with van der Waals surface area (Å²) in [6.45, 7) is 7.25. The average Bonchev–Trinajstić information content (AvgIpc) is 2.77. The van der Waals surface area contributed by atoms with Crippen LogP contribution in [0.4, 0.5) is 0 Å². The lowest BCUT2D eigenvalue weighted by Crippen LogP contribution is -2.55. The monoisotopic (exact) mass is 476 g/mol. The van der Waals surface area contributed by atoms with Gasteiger partial charge in [0.2, 0.25) is 10.0 Å². The number of rotatable bonds is 6. The lowest BCUT2D eigenvalue weighted by atomic mass is 10.1. The molecule has 0 aliphatic carbocycles. The zero-order chi connectivity index (χ0) is 24.3. The number of benzene rings is 1. The van der Waals surface area contributed by atoms with Crippen LogP contribution < -0.4 is 4.74 Å². The molecule has 1 saturated heterocycles. The molecule has 1 amide bonds. The Morgan fingerprint density at radius 3 is 2.36 bits per heavy atom. The highest BCUT2D eigenvalue weighted by Gasteiger charge is 2.37. The van der Waals surface area contributed by atoms with Crippen LogP contribution in [-0.2, 0) is 14.8 Å². The normalized spacial score (nSPS) is 17.0. The maximum Gasteiger partial charge on any atom is 0.342 e. The number of nitrogens with zero attached hydrogens (tertiary/aromatic N) is 4. The number of aromatic nitrogens is 2. The number of carbonyl (C=O) groups excluding carboxylic acids is 2. The molecule has 0 saturated carbocycles. The first-order chi connectivity index (χ1) is 15.6. The van der Waals surface area contributed by atoms with Crippen molar-refractivity contribution in [3.63, 3.8) is 0 Å². The van der Waals surface area contributed by atoms with Crippen LogP contribution in [0.2, 0.25) is 0 Å². The standard InChI is InChI=1S/C22H28N4O6S/c1-6-32-22(28)19-15(3)23-16(4)24-20(19)21(27)25-11-12-26(14(2)13-25)33(29,30)18-9-7-17(31-5)8-10-18/h7-10,14H,6,11-13H2,1-5H3. The molecule has 1 aromatic carbocycles. The Morgan fingerprint density at radius 1 is 1.12 bits per heavy atom. The van der Waals surface area contributed by atoms with E-state index in [-0.39, 0.29) is 42.4 Å². The van der Waals surface area contributed by atoms with E-state index in [1.807, 2.05) is 0 Å². The quantitative estimate of drug-likeness (QED) is 0.579. The van der Waals surface area contributed by atoms with Gasteiger partial charge in [0.1, 0.15) is 22.8 Å². The van der Waals surface area contributed by atoms with Crippen LogP contribution in [-0.4, -0.2) is 78.9 Å². The van der Waals surface area contributed by atoms with Gasteiger partial charge in [-0.15, -0.1) is 0 Å². The number of piperazine rings is 1. The molecule has 0 bridgehead atoms. The third kappa shape index (κ3) is 4.98. The van der Waals surface area contributed by atoms with E-state index in [0.717, 1.165) is 0 Å². The van der Waals surface area contributed by atoms with Gasteiger partial charge in [0, 0.05) is 25.7 Å². The van der Waals surface area contributed by atoms with Crippen LogP contribution >= 0.6 is 0 Å². The summed E-state index contributed by atoms with van der Waals surface area (Å²) in [5.74, 6) is -0.199. The molecule has 1 fully saturated rings. The molecule has 0 radical (unpaired) electrons. The molecule has 1 aromatic heterocycles. The van der Waals surface area contributed by atoms with Crippen LogP contribution in [0.25, 0.3) is 0 Å².